The molecule has 0 aromatic heterocycles. The number of rotatable bonds is 76. The first-order valence-electron chi connectivity index (χ1n) is 39.6. The van der Waals surface area contributed by atoms with E-state index < -0.39 is 97.5 Å². The lowest BCUT2D eigenvalue weighted by molar-refractivity contribution is -0.161. The number of phosphoric ester groups is 2. The molecule has 0 fully saturated rings. The molecule has 19 heteroatoms. The van der Waals surface area contributed by atoms with Crippen molar-refractivity contribution in [3.05, 3.63) is 0 Å². The fourth-order valence-electron chi connectivity index (χ4n) is 11.7. The lowest BCUT2D eigenvalue weighted by atomic mass is 10.0. The molecule has 0 amide bonds. The molecule has 0 radical (unpaired) electrons. The Kier molecular flexibility index (Phi) is 67.7. The first-order valence-corrected chi connectivity index (χ1v) is 42.6. The Morgan fingerprint density at radius 1 is 0.284 bits per heavy atom. The number of carbonyl (C=O) groups excluding carboxylic acids is 4. The molecule has 0 saturated heterocycles. The first-order chi connectivity index (χ1) is 46.0. The quantitative estimate of drug-likeness (QED) is 0.0222. The van der Waals surface area contributed by atoms with Crippen LogP contribution in [0.25, 0.3) is 0 Å². The van der Waals surface area contributed by atoms with Crippen molar-refractivity contribution in [1.29, 1.82) is 0 Å². The van der Waals surface area contributed by atoms with Gasteiger partial charge in [0.15, 0.2) is 12.2 Å². The van der Waals surface area contributed by atoms with E-state index in [1.54, 1.807) is 0 Å². The summed E-state index contributed by atoms with van der Waals surface area (Å²) in [5, 5.41) is 10.6. The number of unbranched alkanes of at least 4 members (excludes halogenated alkanes) is 48. The number of ether oxygens (including phenoxy) is 4. The highest BCUT2D eigenvalue weighted by atomic mass is 31.2. The lowest BCUT2D eigenvalue weighted by Crippen LogP contribution is -2.30. The van der Waals surface area contributed by atoms with Gasteiger partial charge < -0.3 is 33.8 Å². The van der Waals surface area contributed by atoms with Crippen molar-refractivity contribution in [2.45, 2.75) is 419 Å². The van der Waals surface area contributed by atoms with Gasteiger partial charge in [0.1, 0.15) is 19.3 Å². The molecular formula is C76H148O17P2. The average Bonchev–Trinajstić information content (AvgIpc) is 2.17. The number of carbonyl (C=O) groups is 4. The number of aliphatic hydroxyl groups is 1. The van der Waals surface area contributed by atoms with Gasteiger partial charge in [-0.05, 0) is 31.6 Å². The lowest BCUT2D eigenvalue weighted by Gasteiger charge is -2.21. The number of hydrogen-bond donors (Lipinski definition) is 3. The van der Waals surface area contributed by atoms with Crippen molar-refractivity contribution < 1.29 is 80.2 Å². The maximum atomic E-state index is 13.1. The molecule has 0 rings (SSSR count). The molecule has 5 atom stereocenters. The topological polar surface area (TPSA) is 237 Å². The van der Waals surface area contributed by atoms with E-state index in [9.17, 15) is 43.2 Å². The van der Waals surface area contributed by atoms with Crippen molar-refractivity contribution in [3.63, 3.8) is 0 Å². The maximum absolute atomic E-state index is 13.1. The number of aliphatic hydroxyl groups excluding tert-OH is 1. The standard InChI is InChI=1S/C76H148O17P2/c1-6-9-12-15-18-21-23-25-26-27-28-29-30-31-37-42-47-52-57-62-76(81)93-72(66-87-74(79)60-55-50-45-40-36-33-32-34-39-43-48-53-58-69(4)5)68-91-95(84,85)89-64-70(77)63-88-94(82,83)90-67-71(65-86-73(78)59-54-49-44-38-20-17-14-11-8-3)92-75(80)61-56-51-46-41-35-24-22-19-16-13-10-7-2/h69-72,77H,6-68H2,1-5H3,(H,82,83)(H,84,85)/t70-,71+,72+/m0/s1. The van der Waals surface area contributed by atoms with Crippen molar-refractivity contribution in [3.8, 4) is 0 Å². The second-order valence-electron chi connectivity index (χ2n) is 27.9. The molecule has 0 bridgehead atoms. The highest BCUT2D eigenvalue weighted by molar-refractivity contribution is 7.47. The molecule has 564 valence electrons. The Bertz CT molecular complexity index is 1820. The molecule has 0 aliphatic rings. The molecule has 0 aromatic carbocycles. The van der Waals surface area contributed by atoms with E-state index >= 15 is 0 Å². The molecule has 0 aliphatic heterocycles. The Morgan fingerprint density at radius 2 is 0.484 bits per heavy atom. The van der Waals surface area contributed by atoms with Gasteiger partial charge in [-0.25, -0.2) is 9.13 Å². The first kappa shape index (κ1) is 93.1. The summed E-state index contributed by atoms with van der Waals surface area (Å²) in [5.41, 5.74) is 0. The fourth-order valence-corrected chi connectivity index (χ4v) is 13.3. The Hall–Kier alpha value is -1.94. The van der Waals surface area contributed by atoms with Crippen LogP contribution < -0.4 is 0 Å². The van der Waals surface area contributed by atoms with E-state index in [1.807, 2.05) is 0 Å². The number of esters is 4. The fraction of sp³-hybridized carbons (Fsp3) is 0.947. The second-order valence-corrected chi connectivity index (χ2v) is 30.8. The summed E-state index contributed by atoms with van der Waals surface area (Å²) in [6, 6.07) is 0. The SMILES string of the molecule is CCCCCCCCCCCCCCCCCCCCCC(=O)O[C@H](COC(=O)CCCCCCCCCCCCCCC(C)C)COP(=O)(O)OC[C@@H](O)COP(=O)(O)OC[C@@H](COC(=O)CCCCCCCCCCC)OC(=O)CCCCCCCCCCCCCC. The summed E-state index contributed by atoms with van der Waals surface area (Å²) in [6.45, 7) is 7.29. The molecule has 17 nitrogen and oxygen atoms in total. The molecule has 2 unspecified atom stereocenters. The minimum Gasteiger partial charge on any atom is -0.462 e. The monoisotopic (exact) mass is 1400 g/mol. The van der Waals surface area contributed by atoms with E-state index in [-0.39, 0.29) is 25.7 Å². The zero-order valence-corrected chi connectivity index (χ0v) is 63.6. The van der Waals surface area contributed by atoms with Crippen LogP contribution in [0, 0.1) is 5.92 Å². The summed E-state index contributed by atoms with van der Waals surface area (Å²) in [6.07, 6.45) is 58.2. The Labute approximate surface area is 581 Å². The van der Waals surface area contributed by atoms with E-state index in [0.717, 1.165) is 95.8 Å². The third-order valence-electron chi connectivity index (χ3n) is 17.8. The minimum absolute atomic E-state index is 0.108. The van der Waals surface area contributed by atoms with Gasteiger partial charge in [0.25, 0.3) is 0 Å². The Morgan fingerprint density at radius 3 is 0.716 bits per heavy atom. The van der Waals surface area contributed by atoms with Crippen molar-refractivity contribution in [2.24, 2.45) is 5.92 Å². The van der Waals surface area contributed by atoms with Gasteiger partial charge in [0, 0.05) is 25.7 Å². The predicted octanol–water partition coefficient (Wildman–Crippen LogP) is 22.5. The van der Waals surface area contributed by atoms with Gasteiger partial charge in [-0.1, -0.05) is 349 Å². The zero-order chi connectivity index (χ0) is 69.8. The highest BCUT2D eigenvalue weighted by Gasteiger charge is 2.30. The van der Waals surface area contributed by atoms with Gasteiger partial charge in [0.2, 0.25) is 0 Å². The molecule has 95 heavy (non-hydrogen) atoms. The molecule has 0 saturated carbocycles. The zero-order valence-electron chi connectivity index (χ0n) is 61.8. The molecular weight excluding hydrogens is 1250 g/mol. The predicted molar refractivity (Wildman–Crippen MR) is 386 cm³/mol. The van der Waals surface area contributed by atoms with Gasteiger partial charge in [-0.3, -0.25) is 37.3 Å². The largest absolute Gasteiger partial charge is 0.472 e. The smallest absolute Gasteiger partial charge is 0.462 e. The number of phosphoric acid groups is 2. The molecule has 0 spiro atoms. The van der Waals surface area contributed by atoms with E-state index in [2.05, 4.69) is 34.6 Å². The van der Waals surface area contributed by atoms with Crippen molar-refractivity contribution >= 4 is 39.5 Å². The van der Waals surface area contributed by atoms with Crippen LogP contribution in [-0.4, -0.2) is 96.7 Å². The molecule has 0 heterocycles. The molecule has 3 N–H and O–H groups in total. The average molecular weight is 1400 g/mol. The Balaban J connectivity index is 5.21. The van der Waals surface area contributed by atoms with Gasteiger partial charge in [-0.2, -0.15) is 0 Å². The normalized spacial score (nSPS) is 13.9. The van der Waals surface area contributed by atoms with Crippen LogP contribution in [0.4, 0.5) is 0 Å². The third kappa shape index (κ3) is 70.3. The molecule has 0 aliphatic carbocycles. The van der Waals surface area contributed by atoms with Crippen molar-refractivity contribution in [2.75, 3.05) is 39.6 Å². The van der Waals surface area contributed by atoms with E-state index in [0.29, 0.717) is 25.7 Å². The maximum Gasteiger partial charge on any atom is 0.472 e. The summed E-state index contributed by atoms with van der Waals surface area (Å²) in [5.74, 6) is -1.33. The third-order valence-corrected chi connectivity index (χ3v) is 19.7. The summed E-state index contributed by atoms with van der Waals surface area (Å²) >= 11 is 0. The van der Waals surface area contributed by atoms with Crippen LogP contribution in [0.1, 0.15) is 401 Å². The van der Waals surface area contributed by atoms with Crippen LogP contribution in [0.5, 0.6) is 0 Å². The van der Waals surface area contributed by atoms with Gasteiger partial charge in [0.05, 0.1) is 26.4 Å². The van der Waals surface area contributed by atoms with Gasteiger partial charge in [-0.15, -0.1) is 0 Å². The van der Waals surface area contributed by atoms with Crippen LogP contribution in [-0.2, 0) is 65.4 Å². The van der Waals surface area contributed by atoms with Crippen LogP contribution >= 0.6 is 15.6 Å². The summed E-state index contributed by atoms with van der Waals surface area (Å²) in [7, 11) is -9.91. The number of hydrogen-bond acceptors (Lipinski definition) is 15. The summed E-state index contributed by atoms with van der Waals surface area (Å²) in [4.78, 5) is 72.7. The van der Waals surface area contributed by atoms with Crippen LogP contribution in [0.3, 0.4) is 0 Å². The van der Waals surface area contributed by atoms with Crippen LogP contribution in [0.2, 0.25) is 0 Å². The molecule has 0 aromatic rings. The van der Waals surface area contributed by atoms with Crippen molar-refractivity contribution in [1.82, 2.24) is 0 Å². The second kappa shape index (κ2) is 69.2. The summed E-state index contributed by atoms with van der Waals surface area (Å²) < 4.78 is 68.5. The highest BCUT2D eigenvalue weighted by Crippen LogP contribution is 2.45. The van der Waals surface area contributed by atoms with E-state index in [4.69, 9.17) is 37.0 Å². The van der Waals surface area contributed by atoms with E-state index in [1.165, 1.54) is 225 Å². The van der Waals surface area contributed by atoms with Gasteiger partial charge >= 0.3 is 39.5 Å². The minimum atomic E-state index is -4.96. The van der Waals surface area contributed by atoms with Crippen LogP contribution in [0.15, 0.2) is 0 Å².